The highest BCUT2D eigenvalue weighted by Gasteiger charge is 2.39. The standard InChI is InChI=1S/C12H12F2N2O4/c1-16(8-5-20-4-7(8)12(18)19)11(17)6-2-3-15-10(14)9(6)13/h2-3,7-8H,4-5H2,1H3,(H,18,19). The molecule has 1 N–H and O–H groups in total. The number of aliphatic carboxylic acids is 1. The third kappa shape index (κ3) is 2.46. The fourth-order valence-corrected chi connectivity index (χ4v) is 2.08. The molecule has 2 heterocycles. The third-order valence-corrected chi connectivity index (χ3v) is 3.26. The van der Waals surface area contributed by atoms with Gasteiger partial charge in [0.15, 0.2) is 5.82 Å². The highest BCUT2D eigenvalue weighted by Crippen LogP contribution is 2.21. The second-order valence-corrected chi connectivity index (χ2v) is 4.43. The van der Waals surface area contributed by atoms with Crippen molar-refractivity contribution >= 4 is 11.9 Å². The van der Waals surface area contributed by atoms with Gasteiger partial charge >= 0.3 is 5.97 Å². The lowest BCUT2D eigenvalue weighted by atomic mass is 10.0. The van der Waals surface area contributed by atoms with Crippen LogP contribution in [0.1, 0.15) is 10.4 Å². The molecule has 0 aliphatic carbocycles. The Kier molecular flexibility index (Phi) is 3.93. The molecule has 8 heteroatoms. The highest BCUT2D eigenvalue weighted by molar-refractivity contribution is 5.94. The zero-order valence-corrected chi connectivity index (χ0v) is 10.5. The fourth-order valence-electron chi connectivity index (χ4n) is 2.08. The van der Waals surface area contributed by atoms with Gasteiger partial charge in [-0.1, -0.05) is 0 Å². The summed E-state index contributed by atoms with van der Waals surface area (Å²) in [7, 11) is 1.33. The normalized spacial score (nSPS) is 21.8. The van der Waals surface area contributed by atoms with Crippen LogP contribution in [0.15, 0.2) is 12.3 Å². The van der Waals surface area contributed by atoms with Gasteiger partial charge in [-0.25, -0.2) is 9.37 Å². The van der Waals surface area contributed by atoms with E-state index in [0.29, 0.717) is 0 Å². The van der Waals surface area contributed by atoms with Crippen LogP contribution in [-0.2, 0) is 9.53 Å². The Labute approximate surface area is 113 Å². The van der Waals surface area contributed by atoms with E-state index in [2.05, 4.69) is 4.98 Å². The molecule has 0 bridgehead atoms. The van der Waals surface area contributed by atoms with Gasteiger partial charge in [0.05, 0.1) is 24.8 Å². The van der Waals surface area contributed by atoms with E-state index in [-0.39, 0.29) is 13.2 Å². The van der Waals surface area contributed by atoms with Crippen molar-refractivity contribution in [2.24, 2.45) is 5.92 Å². The van der Waals surface area contributed by atoms with Gasteiger partial charge in [-0.2, -0.15) is 4.39 Å². The van der Waals surface area contributed by atoms with Crippen molar-refractivity contribution in [3.8, 4) is 0 Å². The monoisotopic (exact) mass is 286 g/mol. The number of amides is 1. The summed E-state index contributed by atoms with van der Waals surface area (Å²) in [4.78, 5) is 27.3. The summed E-state index contributed by atoms with van der Waals surface area (Å²) in [6, 6.07) is 0.318. The summed E-state index contributed by atoms with van der Waals surface area (Å²) in [6.45, 7) is 0.0131. The zero-order valence-electron chi connectivity index (χ0n) is 10.5. The van der Waals surface area contributed by atoms with Crippen LogP contribution in [0.5, 0.6) is 0 Å². The number of hydrogen-bond donors (Lipinski definition) is 1. The number of ether oxygens (including phenoxy) is 1. The maximum atomic E-state index is 13.5. The number of carboxylic acids is 1. The van der Waals surface area contributed by atoms with Crippen LogP contribution in [0.25, 0.3) is 0 Å². The minimum Gasteiger partial charge on any atom is -0.481 e. The number of likely N-dealkylation sites (N-methyl/N-ethyl adjacent to an activating group) is 1. The van der Waals surface area contributed by atoms with Crippen LogP contribution in [0.3, 0.4) is 0 Å². The average molecular weight is 286 g/mol. The lowest BCUT2D eigenvalue weighted by Crippen LogP contribution is -2.44. The number of rotatable bonds is 3. The molecule has 1 fully saturated rings. The minimum absolute atomic E-state index is 0.0230. The molecule has 20 heavy (non-hydrogen) atoms. The Hall–Kier alpha value is -2.09. The number of halogens is 2. The van der Waals surface area contributed by atoms with Gasteiger partial charge < -0.3 is 14.7 Å². The minimum atomic E-state index is -1.37. The van der Waals surface area contributed by atoms with Gasteiger partial charge in [0.2, 0.25) is 5.95 Å². The SMILES string of the molecule is CN(C(=O)c1ccnc(F)c1F)C1COCC1C(=O)O. The number of aromatic nitrogens is 1. The lowest BCUT2D eigenvalue weighted by molar-refractivity contribution is -0.142. The summed E-state index contributed by atoms with van der Waals surface area (Å²) in [6.07, 6.45) is 0.972. The first-order chi connectivity index (χ1) is 9.43. The number of nitrogens with zero attached hydrogens (tertiary/aromatic N) is 2. The van der Waals surface area contributed by atoms with Gasteiger partial charge in [-0.15, -0.1) is 0 Å². The van der Waals surface area contributed by atoms with Crippen molar-refractivity contribution in [3.63, 3.8) is 0 Å². The molecule has 0 aromatic carbocycles. The van der Waals surface area contributed by atoms with Crippen molar-refractivity contribution < 1.29 is 28.2 Å². The Morgan fingerprint density at radius 2 is 2.15 bits per heavy atom. The molecular weight excluding hydrogens is 274 g/mol. The Morgan fingerprint density at radius 3 is 2.80 bits per heavy atom. The van der Waals surface area contributed by atoms with Crippen LogP contribution in [0, 0.1) is 17.7 Å². The lowest BCUT2D eigenvalue weighted by Gasteiger charge is -2.26. The van der Waals surface area contributed by atoms with Gasteiger partial charge in [0, 0.05) is 13.2 Å². The number of carbonyl (C=O) groups excluding carboxylic acids is 1. The molecule has 2 rings (SSSR count). The van der Waals surface area contributed by atoms with Gasteiger partial charge in [-0.3, -0.25) is 9.59 Å². The summed E-state index contributed by atoms with van der Waals surface area (Å²) in [5.41, 5.74) is -0.490. The van der Waals surface area contributed by atoms with E-state index < -0.39 is 41.2 Å². The predicted molar refractivity (Wildman–Crippen MR) is 62.0 cm³/mol. The summed E-state index contributed by atoms with van der Waals surface area (Å²) >= 11 is 0. The van der Waals surface area contributed by atoms with Gasteiger partial charge in [-0.05, 0) is 6.07 Å². The van der Waals surface area contributed by atoms with Crippen molar-refractivity contribution in [2.45, 2.75) is 6.04 Å². The molecule has 0 spiro atoms. The molecule has 2 atom stereocenters. The molecule has 1 aliphatic heterocycles. The Balaban J connectivity index is 2.24. The van der Waals surface area contributed by atoms with Gasteiger partial charge in [0.25, 0.3) is 5.91 Å². The largest absolute Gasteiger partial charge is 0.481 e. The van der Waals surface area contributed by atoms with Crippen molar-refractivity contribution in [1.29, 1.82) is 0 Å². The topological polar surface area (TPSA) is 79.7 Å². The molecule has 1 amide bonds. The second kappa shape index (κ2) is 5.49. The van der Waals surface area contributed by atoms with Crippen molar-refractivity contribution in [1.82, 2.24) is 9.88 Å². The number of carbonyl (C=O) groups is 2. The molecule has 1 aromatic heterocycles. The summed E-state index contributed by atoms with van der Waals surface area (Å²) in [5, 5.41) is 9.02. The molecule has 1 aromatic rings. The Morgan fingerprint density at radius 1 is 1.45 bits per heavy atom. The Bertz CT molecular complexity index is 552. The van der Waals surface area contributed by atoms with E-state index in [0.717, 1.165) is 17.2 Å². The zero-order chi connectivity index (χ0) is 14.9. The highest BCUT2D eigenvalue weighted by atomic mass is 19.2. The number of carboxylic acid groups (broad SMARTS) is 1. The molecule has 108 valence electrons. The van der Waals surface area contributed by atoms with E-state index in [1.165, 1.54) is 7.05 Å². The molecule has 1 saturated heterocycles. The van der Waals surface area contributed by atoms with Crippen molar-refractivity contribution in [3.05, 3.63) is 29.6 Å². The van der Waals surface area contributed by atoms with Crippen LogP contribution < -0.4 is 0 Å². The quantitative estimate of drug-likeness (QED) is 0.820. The van der Waals surface area contributed by atoms with Crippen LogP contribution >= 0.6 is 0 Å². The fraction of sp³-hybridized carbons (Fsp3) is 0.417. The first-order valence-electron chi connectivity index (χ1n) is 5.81. The van der Waals surface area contributed by atoms with E-state index in [9.17, 15) is 18.4 Å². The summed E-state index contributed by atoms with van der Waals surface area (Å²) in [5.74, 6) is -5.53. The van der Waals surface area contributed by atoms with Crippen molar-refractivity contribution in [2.75, 3.05) is 20.3 Å². The molecular formula is C12H12F2N2O4. The smallest absolute Gasteiger partial charge is 0.311 e. The van der Waals surface area contributed by atoms with Gasteiger partial charge in [0.1, 0.15) is 5.92 Å². The van der Waals surface area contributed by atoms with Crippen LogP contribution in [0.2, 0.25) is 0 Å². The van der Waals surface area contributed by atoms with Crippen LogP contribution in [0.4, 0.5) is 8.78 Å². The molecule has 2 unspecified atom stereocenters. The number of pyridine rings is 1. The van der Waals surface area contributed by atoms with E-state index in [4.69, 9.17) is 9.84 Å². The number of hydrogen-bond acceptors (Lipinski definition) is 4. The van der Waals surface area contributed by atoms with E-state index >= 15 is 0 Å². The first-order valence-corrected chi connectivity index (χ1v) is 5.81. The van der Waals surface area contributed by atoms with E-state index in [1.54, 1.807) is 0 Å². The average Bonchev–Trinajstić information content (AvgIpc) is 2.89. The maximum Gasteiger partial charge on any atom is 0.311 e. The first kappa shape index (κ1) is 14.3. The molecule has 0 saturated carbocycles. The second-order valence-electron chi connectivity index (χ2n) is 4.43. The predicted octanol–water partition coefficient (Wildman–Crippen LogP) is 0.531. The van der Waals surface area contributed by atoms with E-state index in [1.807, 2.05) is 0 Å². The molecule has 1 aliphatic rings. The third-order valence-electron chi connectivity index (χ3n) is 3.26. The van der Waals surface area contributed by atoms with Crippen LogP contribution in [-0.4, -0.2) is 53.2 Å². The molecule has 0 radical (unpaired) electrons. The molecule has 6 nitrogen and oxygen atoms in total. The summed E-state index contributed by atoms with van der Waals surface area (Å²) < 4.78 is 31.6. The maximum absolute atomic E-state index is 13.5.